The summed E-state index contributed by atoms with van der Waals surface area (Å²) < 4.78 is 5.23. The van der Waals surface area contributed by atoms with Gasteiger partial charge in [0, 0.05) is 17.1 Å². The van der Waals surface area contributed by atoms with Crippen LogP contribution in [0.5, 0.6) is 5.75 Å². The molecule has 6 heteroatoms. The highest BCUT2D eigenvalue weighted by atomic mass is 32.2. The maximum absolute atomic E-state index is 13.2. The zero-order chi connectivity index (χ0) is 22.3. The second-order valence-electron chi connectivity index (χ2n) is 7.37. The van der Waals surface area contributed by atoms with Gasteiger partial charge in [-0.05, 0) is 42.3 Å². The van der Waals surface area contributed by atoms with Gasteiger partial charge < -0.3 is 15.4 Å². The van der Waals surface area contributed by atoms with Gasteiger partial charge in [0.2, 0.25) is 0 Å². The number of anilines is 1. The van der Waals surface area contributed by atoms with E-state index in [1.807, 2.05) is 91.9 Å². The van der Waals surface area contributed by atoms with E-state index in [1.54, 1.807) is 18.9 Å². The molecule has 162 valence electrons. The largest absolute Gasteiger partial charge is 0.497 e. The van der Waals surface area contributed by atoms with Gasteiger partial charge in [0.05, 0.1) is 12.7 Å². The van der Waals surface area contributed by atoms with Crippen molar-refractivity contribution in [1.29, 1.82) is 0 Å². The van der Waals surface area contributed by atoms with Crippen molar-refractivity contribution in [3.05, 3.63) is 107 Å². The number of nitrogens with zero attached hydrogens (tertiary/aromatic N) is 1. The van der Waals surface area contributed by atoms with Crippen LogP contribution in [-0.2, 0) is 10.5 Å². The predicted octanol–water partition coefficient (Wildman–Crippen LogP) is 5.54. The highest BCUT2D eigenvalue weighted by Crippen LogP contribution is 2.33. The number of rotatable bonds is 6. The molecule has 5 nitrogen and oxygen atoms in total. The summed E-state index contributed by atoms with van der Waals surface area (Å²) in [6.07, 6.45) is 0. The van der Waals surface area contributed by atoms with E-state index >= 15 is 0 Å². The SMILES string of the molecule is COc1ccc(CSC2=N[C@@H](c3ccccc3)C(C(=O)Nc3ccccc3)=C(C)N2)cc1. The molecule has 2 N–H and O–H groups in total. The van der Waals surface area contributed by atoms with Crippen LogP contribution in [0.25, 0.3) is 0 Å². The number of benzene rings is 3. The van der Waals surface area contributed by atoms with Gasteiger partial charge in [0.1, 0.15) is 11.8 Å². The van der Waals surface area contributed by atoms with Crippen molar-refractivity contribution in [2.24, 2.45) is 4.99 Å². The second-order valence-corrected chi connectivity index (χ2v) is 8.33. The van der Waals surface area contributed by atoms with E-state index in [0.717, 1.165) is 33.6 Å². The Morgan fingerprint density at radius 2 is 1.66 bits per heavy atom. The molecule has 1 heterocycles. The molecule has 0 aromatic heterocycles. The van der Waals surface area contributed by atoms with Crippen LogP contribution >= 0.6 is 11.8 Å². The van der Waals surface area contributed by atoms with Crippen LogP contribution in [0, 0.1) is 0 Å². The highest BCUT2D eigenvalue weighted by molar-refractivity contribution is 8.13. The minimum absolute atomic E-state index is 0.155. The molecular weight excluding hydrogens is 418 g/mol. The quantitative estimate of drug-likeness (QED) is 0.525. The molecule has 32 heavy (non-hydrogen) atoms. The summed E-state index contributed by atoms with van der Waals surface area (Å²) in [5.41, 5.74) is 4.33. The zero-order valence-corrected chi connectivity index (χ0v) is 18.9. The van der Waals surface area contributed by atoms with Crippen LogP contribution in [0.4, 0.5) is 5.69 Å². The van der Waals surface area contributed by atoms with Gasteiger partial charge in [-0.1, -0.05) is 72.4 Å². The Labute approximate surface area is 192 Å². The molecule has 1 aliphatic rings. The summed E-state index contributed by atoms with van der Waals surface area (Å²) in [5, 5.41) is 7.13. The second kappa shape index (κ2) is 10.2. The number of carbonyl (C=O) groups excluding carboxylic acids is 1. The molecule has 0 aliphatic carbocycles. The van der Waals surface area contributed by atoms with Crippen molar-refractivity contribution in [2.45, 2.75) is 18.7 Å². The molecule has 0 radical (unpaired) electrons. The number of nitrogens with one attached hydrogen (secondary N) is 2. The fraction of sp³-hybridized carbons (Fsp3) is 0.154. The number of ether oxygens (including phenoxy) is 1. The van der Waals surface area contributed by atoms with E-state index < -0.39 is 0 Å². The number of methoxy groups -OCH3 is 1. The van der Waals surface area contributed by atoms with Crippen LogP contribution in [0.2, 0.25) is 0 Å². The average Bonchev–Trinajstić information content (AvgIpc) is 2.83. The normalized spacial score (nSPS) is 15.6. The lowest BCUT2D eigenvalue weighted by atomic mass is 9.96. The number of amidine groups is 1. The van der Waals surface area contributed by atoms with Crippen LogP contribution < -0.4 is 15.4 Å². The smallest absolute Gasteiger partial charge is 0.255 e. The molecule has 0 bridgehead atoms. The number of carbonyl (C=O) groups is 1. The van der Waals surface area contributed by atoms with Gasteiger partial charge >= 0.3 is 0 Å². The molecule has 1 amide bonds. The predicted molar refractivity (Wildman–Crippen MR) is 132 cm³/mol. The van der Waals surface area contributed by atoms with E-state index in [4.69, 9.17) is 9.73 Å². The Balaban J connectivity index is 1.56. The first-order chi connectivity index (χ1) is 15.6. The minimum Gasteiger partial charge on any atom is -0.497 e. The third-order valence-corrected chi connectivity index (χ3v) is 6.10. The van der Waals surface area contributed by atoms with Crippen LogP contribution in [0.15, 0.2) is 101 Å². The summed E-state index contributed by atoms with van der Waals surface area (Å²) in [5.74, 6) is 1.44. The number of allylic oxidation sites excluding steroid dienone is 1. The van der Waals surface area contributed by atoms with Gasteiger partial charge in [-0.25, -0.2) is 4.99 Å². The number of para-hydroxylation sites is 1. The maximum atomic E-state index is 13.2. The number of aliphatic imine (C=N–C) groups is 1. The monoisotopic (exact) mass is 443 g/mol. The lowest BCUT2D eigenvalue weighted by molar-refractivity contribution is -0.113. The lowest BCUT2D eigenvalue weighted by Gasteiger charge is -2.26. The molecular formula is C26H25N3O2S. The molecule has 0 fully saturated rings. The van der Waals surface area contributed by atoms with Gasteiger partial charge in [0.25, 0.3) is 5.91 Å². The Bertz CT molecular complexity index is 1130. The van der Waals surface area contributed by atoms with E-state index in [1.165, 1.54) is 5.56 Å². The molecule has 0 unspecified atom stereocenters. The number of hydrogen-bond donors (Lipinski definition) is 2. The lowest BCUT2D eigenvalue weighted by Crippen LogP contribution is -2.32. The summed E-state index contributed by atoms with van der Waals surface area (Å²) in [6, 6.07) is 27.0. The molecule has 4 rings (SSSR count). The summed E-state index contributed by atoms with van der Waals surface area (Å²) in [4.78, 5) is 18.1. The Morgan fingerprint density at radius 3 is 2.31 bits per heavy atom. The minimum atomic E-state index is -0.375. The van der Waals surface area contributed by atoms with E-state index in [-0.39, 0.29) is 11.9 Å². The molecule has 3 aromatic carbocycles. The first-order valence-corrected chi connectivity index (χ1v) is 11.4. The standard InChI is InChI=1S/C26H25N3O2S/c1-18-23(25(30)28-21-11-7-4-8-12-21)24(20-9-5-3-6-10-20)29-26(27-18)32-17-19-13-15-22(31-2)16-14-19/h3-16,24H,17H2,1-2H3,(H,27,29)(H,28,30)/t24-/m0/s1. The summed E-state index contributed by atoms with van der Waals surface area (Å²) in [6.45, 7) is 1.93. The topological polar surface area (TPSA) is 62.7 Å². The number of thioether (sulfide) groups is 1. The van der Waals surface area contributed by atoms with E-state index in [9.17, 15) is 4.79 Å². The zero-order valence-electron chi connectivity index (χ0n) is 18.0. The maximum Gasteiger partial charge on any atom is 0.255 e. The van der Waals surface area contributed by atoms with Crippen molar-refractivity contribution in [1.82, 2.24) is 5.32 Å². The Kier molecular flexibility index (Phi) is 6.92. The molecule has 3 aromatic rings. The van der Waals surface area contributed by atoms with Crippen molar-refractivity contribution in [3.8, 4) is 5.75 Å². The van der Waals surface area contributed by atoms with Crippen molar-refractivity contribution >= 4 is 28.5 Å². The number of amides is 1. The molecule has 1 aliphatic heterocycles. The van der Waals surface area contributed by atoms with Crippen LogP contribution in [0.1, 0.15) is 24.1 Å². The van der Waals surface area contributed by atoms with Gasteiger partial charge in [-0.2, -0.15) is 0 Å². The molecule has 0 saturated heterocycles. The molecule has 0 spiro atoms. The third-order valence-electron chi connectivity index (χ3n) is 5.14. The van der Waals surface area contributed by atoms with E-state index in [2.05, 4.69) is 10.6 Å². The Hall–Kier alpha value is -3.51. The summed E-state index contributed by atoms with van der Waals surface area (Å²) in [7, 11) is 1.66. The van der Waals surface area contributed by atoms with E-state index in [0.29, 0.717) is 5.57 Å². The fourth-order valence-corrected chi connectivity index (χ4v) is 4.39. The fourth-order valence-electron chi connectivity index (χ4n) is 3.48. The average molecular weight is 444 g/mol. The van der Waals surface area contributed by atoms with Crippen molar-refractivity contribution < 1.29 is 9.53 Å². The first-order valence-electron chi connectivity index (χ1n) is 10.4. The van der Waals surface area contributed by atoms with Crippen molar-refractivity contribution in [2.75, 3.05) is 12.4 Å². The number of hydrogen-bond acceptors (Lipinski definition) is 5. The van der Waals surface area contributed by atoms with Crippen LogP contribution in [-0.4, -0.2) is 18.2 Å². The van der Waals surface area contributed by atoms with Crippen molar-refractivity contribution in [3.63, 3.8) is 0 Å². The molecule has 0 saturated carbocycles. The van der Waals surface area contributed by atoms with Crippen LogP contribution in [0.3, 0.4) is 0 Å². The van der Waals surface area contributed by atoms with Gasteiger partial charge in [-0.15, -0.1) is 0 Å². The van der Waals surface area contributed by atoms with Gasteiger partial charge in [0.15, 0.2) is 5.17 Å². The van der Waals surface area contributed by atoms with Gasteiger partial charge in [-0.3, -0.25) is 4.79 Å². The summed E-state index contributed by atoms with van der Waals surface area (Å²) >= 11 is 1.62. The third kappa shape index (κ3) is 5.21. The Morgan fingerprint density at radius 1 is 1.00 bits per heavy atom. The highest BCUT2D eigenvalue weighted by Gasteiger charge is 2.29. The molecule has 1 atom stereocenters. The first kappa shape index (κ1) is 21.7.